The Balaban J connectivity index is 1.94. The molecule has 170 valence electrons. The maximum atomic E-state index is 13.3. The van der Waals surface area contributed by atoms with Crippen molar-refractivity contribution < 1.29 is 23.9 Å². The molecular formula is C25H29NO5S. The lowest BCUT2D eigenvalue weighted by atomic mass is 9.95. The van der Waals surface area contributed by atoms with Crippen LogP contribution < -0.4 is 0 Å². The highest BCUT2D eigenvalue weighted by atomic mass is 32.2. The van der Waals surface area contributed by atoms with Gasteiger partial charge in [-0.1, -0.05) is 36.4 Å². The molecule has 1 heterocycles. The van der Waals surface area contributed by atoms with E-state index in [1.165, 1.54) is 12.0 Å². The van der Waals surface area contributed by atoms with Gasteiger partial charge in [-0.05, 0) is 45.0 Å². The Morgan fingerprint density at radius 2 is 1.59 bits per heavy atom. The number of benzene rings is 2. The van der Waals surface area contributed by atoms with E-state index >= 15 is 0 Å². The van der Waals surface area contributed by atoms with Crippen LogP contribution in [0.4, 0.5) is 0 Å². The van der Waals surface area contributed by atoms with Gasteiger partial charge >= 0.3 is 11.9 Å². The quantitative estimate of drug-likeness (QED) is 0.608. The maximum Gasteiger partial charge on any atom is 0.328 e. The first-order chi connectivity index (χ1) is 15.2. The zero-order valence-electron chi connectivity index (χ0n) is 18.8. The van der Waals surface area contributed by atoms with E-state index < -0.39 is 29.5 Å². The molecule has 6 nitrogen and oxygen atoms in total. The molecule has 1 amide bonds. The number of thioether (sulfide) groups is 1. The van der Waals surface area contributed by atoms with Crippen molar-refractivity contribution in [3.63, 3.8) is 0 Å². The fraction of sp³-hybridized carbons (Fsp3) is 0.400. The molecule has 0 N–H and O–H groups in total. The van der Waals surface area contributed by atoms with E-state index in [2.05, 4.69) is 0 Å². The smallest absolute Gasteiger partial charge is 0.328 e. The molecule has 0 unspecified atom stereocenters. The van der Waals surface area contributed by atoms with Gasteiger partial charge in [0, 0.05) is 28.2 Å². The first-order valence-electron chi connectivity index (χ1n) is 10.6. The van der Waals surface area contributed by atoms with Crippen molar-refractivity contribution in [3.05, 3.63) is 66.2 Å². The SMILES string of the molecule is COC(=O)[C@@H]1[C@@H](CC(=O)OC(C)(C)C)[C@@H](Sc2ccccc2)CN1C(=O)c1ccccc1. The largest absolute Gasteiger partial charge is 0.467 e. The van der Waals surface area contributed by atoms with Crippen LogP contribution >= 0.6 is 11.8 Å². The molecule has 0 aromatic heterocycles. The van der Waals surface area contributed by atoms with Crippen molar-refractivity contribution in [3.8, 4) is 0 Å². The number of rotatable bonds is 6. The summed E-state index contributed by atoms with van der Waals surface area (Å²) in [6, 6.07) is 17.7. The van der Waals surface area contributed by atoms with Crippen LogP contribution in [0.3, 0.4) is 0 Å². The predicted octanol–water partition coefficient (Wildman–Crippen LogP) is 4.19. The number of methoxy groups -OCH3 is 1. The molecule has 1 fully saturated rings. The van der Waals surface area contributed by atoms with E-state index in [9.17, 15) is 14.4 Å². The van der Waals surface area contributed by atoms with Gasteiger partial charge in [0.05, 0.1) is 13.5 Å². The average molecular weight is 456 g/mol. The molecule has 3 rings (SSSR count). The lowest BCUT2D eigenvalue weighted by molar-refractivity contribution is -0.157. The minimum atomic E-state index is -0.874. The third-order valence-corrected chi connectivity index (χ3v) is 6.52. The first-order valence-corrected chi connectivity index (χ1v) is 11.4. The minimum absolute atomic E-state index is 0.0140. The molecule has 0 saturated carbocycles. The van der Waals surface area contributed by atoms with Crippen molar-refractivity contribution >= 4 is 29.6 Å². The number of carbonyl (C=O) groups is 3. The molecule has 0 bridgehead atoms. The molecular weight excluding hydrogens is 426 g/mol. The van der Waals surface area contributed by atoms with E-state index in [1.54, 1.807) is 56.8 Å². The summed E-state index contributed by atoms with van der Waals surface area (Å²) in [5.41, 5.74) is -0.152. The number of nitrogens with zero attached hydrogens (tertiary/aromatic N) is 1. The van der Waals surface area contributed by atoms with Crippen molar-refractivity contribution in [2.45, 2.75) is 49.0 Å². The molecule has 1 aliphatic rings. The lowest BCUT2D eigenvalue weighted by Crippen LogP contribution is -2.44. The second kappa shape index (κ2) is 10.2. The summed E-state index contributed by atoms with van der Waals surface area (Å²) in [5, 5.41) is -0.179. The number of esters is 2. The second-order valence-corrected chi connectivity index (χ2v) is 10.0. The van der Waals surface area contributed by atoms with E-state index in [1.807, 2.05) is 36.4 Å². The van der Waals surface area contributed by atoms with Crippen LogP contribution in [0, 0.1) is 5.92 Å². The standard InChI is InChI=1S/C25H29NO5S/c1-25(2,3)31-21(27)15-19-20(32-18-13-9-6-10-14-18)16-26(22(19)24(29)30-4)23(28)17-11-7-5-8-12-17/h5-14,19-20,22H,15-16H2,1-4H3/t19-,20-,22-/m0/s1. The molecule has 7 heteroatoms. The van der Waals surface area contributed by atoms with Gasteiger partial charge < -0.3 is 14.4 Å². The highest BCUT2D eigenvalue weighted by Crippen LogP contribution is 2.40. The average Bonchev–Trinajstić information content (AvgIpc) is 3.10. The van der Waals surface area contributed by atoms with Gasteiger partial charge in [-0.15, -0.1) is 11.8 Å². The monoisotopic (exact) mass is 455 g/mol. The molecule has 0 aliphatic carbocycles. The van der Waals surface area contributed by atoms with Crippen LogP contribution in [0.2, 0.25) is 0 Å². The molecule has 1 saturated heterocycles. The van der Waals surface area contributed by atoms with Crippen molar-refractivity contribution in [1.82, 2.24) is 4.90 Å². The van der Waals surface area contributed by atoms with E-state index in [0.29, 0.717) is 12.1 Å². The molecule has 3 atom stereocenters. The summed E-state index contributed by atoms with van der Waals surface area (Å²) in [4.78, 5) is 41.5. The van der Waals surface area contributed by atoms with E-state index in [-0.39, 0.29) is 17.6 Å². The van der Waals surface area contributed by atoms with E-state index in [0.717, 1.165) is 4.90 Å². The number of amides is 1. The second-order valence-electron chi connectivity index (χ2n) is 8.72. The molecule has 2 aromatic rings. The zero-order chi connectivity index (χ0) is 23.3. The highest BCUT2D eigenvalue weighted by Gasteiger charge is 2.50. The first kappa shape index (κ1) is 23.9. The van der Waals surface area contributed by atoms with Crippen LogP contribution in [-0.4, -0.2) is 53.3 Å². The Hall–Kier alpha value is -2.80. The highest BCUT2D eigenvalue weighted by molar-refractivity contribution is 8.00. The van der Waals surface area contributed by atoms with E-state index in [4.69, 9.17) is 9.47 Å². The number of ether oxygens (including phenoxy) is 2. The molecule has 32 heavy (non-hydrogen) atoms. The Morgan fingerprint density at radius 1 is 1.00 bits per heavy atom. The summed E-state index contributed by atoms with van der Waals surface area (Å²) in [7, 11) is 1.30. The van der Waals surface area contributed by atoms with Gasteiger partial charge in [0.15, 0.2) is 0 Å². The van der Waals surface area contributed by atoms with Crippen molar-refractivity contribution in [1.29, 1.82) is 0 Å². The Bertz CT molecular complexity index is 942. The fourth-order valence-corrected chi connectivity index (χ4v) is 5.19. The van der Waals surface area contributed by atoms with Crippen LogP contribution in [0.5, 0.6) is 0 Å². The third kappa shape index (κ3) is 5.91. The summed E-state index contributed by atoms with van der Waals surface area (Å²) < 4.78 is 10.6. The van der Waals surface area contributed by atoms with Gasteiger partial charge in [0.1, 0.15) is 11.6 Å². The van der Waals surface area contributed by atoms with Crippen LogP contribution in [0.25, 0.3) is 0 Å². The van der Waals surface area contributed by atoms with Gasteiger partial charge in [0.2, 0.25) is 0 Å². The molecule has 2 aromatic carbocycles. The predicted molar refractivity (Wildman–Crippen MR) is 123 cm³/mol. The number of likely N-dealkylation sites (tertiary alicyclic amines) is 1. The molecule has 0 radical (unpaired) electrons. The Morgan fingerprint density at radius 3 is 2.16 bits per heavy atom. The number of hydrogen-bond acceptors (Lipinski definition) is 6. The Labute approximate surface area is 193 Å². The van der Waals surface area contributed by atoms with Crippen molar-refractivity contribution in [2.24, 2.45) is 5.92 Å². The van der Waals surface area contributed by atoms with Gasteiger partial charge in [0.25, 0.3) is 5.91 Å². The fourth-order valence-electron chi connectivity index (χ4n) is 3.87. The summed E-state index contributed by atoms with van der Waals surface area (Å²) in [6.07, 6.45) is 0.0140. The molecule has 0 spiro atoms. The topological polar surface area (TPSA) is 72.9 Å². The maximum absolute atomic E-state index is 13.3. The van der Waals surface area contributed by atoms with Crippen LogP contribution in [0.15, 0.2) is 65.6 Å². The summed E-state index contributed by atoms with van der Waals surface area (Å²) >= 11 is 1.56. The van der Waals surface area contributed by atoms with Gasteiger partial charge in [-0.25, -0.2) is 4.79 Å². The molecule has 1 aliphatic heterocycles. The van der Waals surface area contributed by atoms with Gasteiger partial charge in [-0.2, -0.15) is 0 Å². The van der Waals surface area contributed by atoms with Crippen molar-refractivity contribution in [2.75, 3.05) is 13.7 Å². The van der Waals surface area contributed by atoms with Gasteiger partial charge in [-0.3, -0.25) is 9.59 Å². The van der Waals surface area contributed by atoms with Crippen LogP contribution in [-0.2, 0) is 19.1 Å². The number of carbonyl (C=O) groups excluding carboxylic acids is 3. The zero-order valence-corrected chi connectivity index (χ0v) is 19.6. The normalized spacial score (nSPS) is 20.6. The Kier molecular flexibility index (Phi) is 7.61. The number of hydrogen-bond donors (Lipinski definition) is 0. The third-order valence-electron chi connectivity index (χ3n) is 5.17. The lowest BCUT2D eigenvalue weighted by Gasteiger charge is -2.27. The minimum Gasteiger partial charge on any atom is -0.467 e. The summed E-state index contributed by atoms with van der Waals surface area (Å²) in [5.74, 6) is -1.63. The summed E-state index contributed by atoms with van der Waals surface area (Å²) in [6.45, 7) is 5.73. The van der Waals surface area contributed by atoms with Crippen LogP contribution in [0.1, 0.15) is 37.6 Å².